The average molecular weight is 519 g/mol. The van der Waals surface area contributed by atoms with Crippen molar-refractivity contribution in [3.8, 4) is 23.0 Å². The molecule has 0 radical (unpaired) electrons. The Morgan fingerprint density at radius 1 is 1.14 bits per heavy atom. The van der Waals surface area contributed by atoms with Crippen molar-refractivity contribution in [3.05, 3.63) is 29.8 Å². The van der Waals surface area contributed by atoms with Crippen molar-refractivity contribution in [1.82, 2.24) is 16.0 Å². The van der Waals surface area contributed by atoms with Gasteiger partial charge in [-0.15, -0.1) is 0 Å². The van der Waals surface area contributed by atoms with Crippen LogP contribution in [-0.4, -0.2) is 68.9 Å². The van der Waals surface area contributed by atoms with E-state index in [-0.39, 0.29) is 50.7 Å². The van der Waals surface area contributed by atoms with E-state index in [0.717, 1.165) is 11.8 Å². The quantitative estimate of drug-likeness (QED) is 0.132. The lowest BCUT2D eigenvalue weighted by atomic mass is 10.2. The second kappa shape index (κ2) is 17.6. The lowest BCUT2D eigenvalue weighted by Crippen LogP contribution is -2.35. The zero-order valence-electron chi connectivity index (χ0n) is 21.8. The molecule has 0 unspecified atom stereocenters. The van der Waals surface area contributed by atoms with Crippen molar-refractivity contribution >= 4 is 23.6 Å². The molecule has 0 bridgehead atoms. The molecule has 2 amide bonds. The molecule has 0 aliphatic carbocycles. The van der Waals surface area contributed by atoms with E-state index in [9.17, 15) is 14.9 Å². The van der Waals surface area contributed by atoms with Gasteiger partial charge in [0, 0.05) is 30.6 Å². The van der Waals surface area contributed by atoms with Gasteiger partial charge in [0.2, 0.25) is 5.91 Å². The predicted octanol–water partition coefficient (Wildman–Crippen LogP) is 2.53. The number of benzene rings is 1. The number of rotatable bonds is 16. The Labute approximate surface area is 219 Å². The number of thiocyanates is 1. The minimum Gasteiger partial charge on any atom is -0.490 e. The lowest BCUT2D eigenvalue weighted by Gasteiger charge is -2.26. The predicted molar refractivity (Wildman–Crippen MR) is 141 cm³/mol. The molecule has 10 heteroatoms. The van der Waals surface area contributed by atoms with Gasteiger partial charge in [-0.2, -0.15) is 5.26 Å². The van der Waals surface area contributed by atoms with Crippen LogP contribution >= 0.6 is 11.8 Å². The van der Waals surface area contributed by atoms with Gasteiger partial charge in [0.05, 0.1) is 19.8 Å². The van der Waals surface area contributed by atoms with Gasteiger partial charge in [0.1, 0.15) is 24.4 Å². The topological polar surface area (TPSA) is 122 Å². The SMILES string of the molecule is CC(C)C#CCNC(=O)COCCO[C@@](C)(COc1cccc(C(=O)NCCNC(C)C)c1)SC#N. The van der Waals surface area contributed by atoms with Crippen LogP contribution in [0, 0.1) is 28.4 Å². The Balaban J connectivity index is 2.44. The molecule has 1 aromatic rings. The number of ether oxygens (including phenoxy) is 3. The Kier molecular flexibility index (Phi) is 15.3. The zero-order chi connectivity index (χ0) is 26.8. The summed E-state index contributed by atoms with van der Waals surface area (Å²) in [4.78, 5) is 23.2. The van der Waals surface area contributed by atoms with Gasteiger partial charge in [-0.25, -0.2) is 0 Å². The van der Waals surface area contributed by atoms with Crippen LogP contribution < -0.4 is 20.7 Å². The first-order valence-corrected chi connectivity index (χ1v) is 12.7. The number of hydrogen-bond acceptors (Lipinski definition) is 8. The van der Waals surface area contributed by atoms with Crippen LogP contribution in [0.5, 0.6) is 5.75 Å². The number of nitriles is 1. The number of hydrogen-bond donors (Lipinski definition) is 3. The van der Waals surface area contributed by atoms with Crippen molar-refractivity contribution in [1.29, 1.82) is 5.26 Å². The summed E-state index contributed by atoms with van der Waals surface area (Å²) in [5, 5.41) is 20.0. The third kappa shape index (κ3) is 14.6. The Morgan fingerprint density at radius 3 is 2.61 bits per heavy atom. The highest BCUT2D eigenvalue weighted by molar-refractivity contribution is 8.04. The fourth-order valence-corrected chi connectivity index (χ4v) is 3.16. The molecule has 0 saturated carbocycles. The number of carbonyl (C=O) groups is 2. The van der Waals surface area contributed by atoms with Crippen LogP contribution in [-0.2, 0) is 14.3 Å². The first kappa shape index (κ1) is 31.3. The van der Waals surface area contributed by atoms with Crippen LogP contribution in [0.4, 0.5) is 0 Å². The minimum absolute atomic E-state index is 0.0730. The van der Waals surface area contributed by atoms with Gasteiger partial charge in [-0.05, 0) is 36.9 Å². The normalized spacial score (nSPS) is 12.3. The highest BCUT2D eigenvalue weighted by Gasteiger charge is 2.28. The summed E-state index contributed by atoms with van der Waals surface area (Å²) < 4.78 is 17.0. The number of thioether (sulfide) groups is 1. The first-order valence-electron chi connectivity index (χ1n) is 11.9. The fraction of sp³-hybridized carbons (Fsp3) is 0.577. The summed E-state index contributed by atoms with van der Waals surface area (Å²) in [6, 6.07) is 7.19. The van der Waals surface area contributed by atoms with E-state index in [1.807, 2.05) is 33.1 Å². The summed E-state index contributed by atoms with van der Waals surface area (Å²) in [6.45, 7) is 11.6. The van der Waals surface area contributed by atoms with Gasteiger partial charge in [-0.3, -0.25) is 9.59 Å². The van der Waals surface area contributed by atoms with E-state index < -0.39 is 4.93 Å². The van der Waals surface area contributed by atoms with Crippen molar-refractivity contribution in [2.24, 2.45) is 5.92 Å². The van der Waals surface area contributed by atoms with Gasteiger partial charge < -0.3 is 30.2 Å². The first-order chi connectivity index (χ1) is 17.1. The third-order valence-electron chi connectivity index (χ3n) is 4.45. The summed E-state index contributed by atoms with van der Waals surface area (Å²) in [7, 11) is 0. The largest absolute Gasteiger partial charge is 0.490 e. The average Bonchev–Trinajstić information content (AvgIpc) is 2.83. The van der Waals surface area contributed by atoms with Gasteiger partial charge >= 0.3 is 0 Å². The van der Waals surface area contributed by atoms with E-state index >= 15 is 0 Å². The molecule has 1 rings (SSSR count). The summed E-state index contributed by atoms with van der Waals surface area (Å²) in [6.07, 6.45) is 0. The van der Waals surface area contributed by atoms with Crippen LogP contribution in [0.2, 0.25) is 0 Å². The Bertz CT molecular complexity index is 923. The second-order valence-corrected chi connectivity index (χ2v) is 9.91. The Hall–Kier alpha value is -2.76. The molecule has 0 fully saturated rings. The van der Waals surface area contributed by atoms with Crippen molar-refractivity contribution in [2.45, 2.75) is 45.6 Å². The lowest BCUT2D eigenvalue weighted by molar-refractivity contribution is -0.126. The summed E-state index contributed by atoms with van der Waals surface area (Å²) in [5.41, 5.74) is 0.481. The van der Waals surface area contributed by atoms with Crippen LogP contribution in [0.3, 0.4) is 0 Å². The molecular weight excluding hydrogens is 480 g/mol. The maximum Gasteiger partial charge on any atom is 0.251 e. The van der Waals surface area contributed by atoms with E-state index in [2.05, 4.69) is 27.8 Å². The van der Waals surface area contributed by atoms with Gasteiger partial charge in [-0.1, -0.05) is 45.6 Å². The Morgan fingerprint density at radius 2 is 1.92 bits per heavy atom. The smallest absolute Gasteiger partial charge is 0.251 e. The van der Waals surface area contributed by atoms with Crippen molar-refractivity contribution in [3.63, 3.8) is 0 Å². The summed E-state index contributed by atoms with van der Waals surface area (Å²) in [5.74, 6) is 6.13. The van der Waals surface area contributed by atoms with Crippen LogP contribution in [0.1, 0.15) is 45.0 Å². The molecule has 36 heavy (non-hydrogen) atoms. The van der Waals surface area contributed by atoms with E-state index in [4.69, 9.17) is 14.2 Å². The van der Waals surface area contributed by atoms with Crippen LogP contribution in [0.25, 0.3) is 0 Å². The maximum atomic E-state index is 12.4. The fourth-order valence-electron chi connectivity index (χ4n) is 2.71. The minimum atomic E-state index is -0.965. The second-order valence-electron chi connectivity index (χ2n) is 8.66. The third-order valence-corrected chi connectivity index (χ3v) is 5.21. The highest BCUT2D eigenvalue weighted by Crippen LogP contribution is 2.27. The van der Waals surface area contributed by atoms with E-state index in [0.29, 0.717) is 30.4 Å². The maximum absolute atomic E-state index is 12.4. The van der Waals surface area contributed by atoms with E-state index in [1.165, 1.54) is 0 Å². The van der Waals surface area contributed by atoms with Gasteiger partial charge in [0.25, 0.3) is 5.91 Å². The molecule has 0 saturated heterocycles. The van der Waals surface area contributed by atoms with Gasteiger partial charge in [0.15, 0.2) is 4.93 Å². The number of carbonyl (C=O) groups excluding carboxylic acids is 2. The number of nitrogens with zero attached hydrogens (tertiary/aromatic N) is 1. The zero-order valence-corrected chi connectivity index (χ0v) is 22.6. The van der Waals surface area contributed by atoms with E-state index in [1.54, 1.807) is 31.2 Å². The molecule has 0 spiro atoms. The molecule has 1 aromatic carbocycles. The standard InChI is InChI=1S/C26H38N4O5S/c1-20(2)8-7-11-29-24(31)17-33-14-15-35-26(5,36-19-27)18-34-23-10-6-9-22(16-23)25(32)30-13-12-28-21(3)4/h6,9-10,16,20-21,28H,11-15,17-18H2,1-5H3,(H,29,31)(H,30,32)/t26-/m1/s1. The molecule has 0 aromatic heterocycles. The number of nitrogens with one attached hydrogen (secondary N) is 3. The molecule has 1 atom stereocenters. The molecular formula is C26H38N4O5S. The van der Waals surface area contributed by atoms with Crippen LogP contribution in [0.15, 0.2) is 24.3 Å². The molecule has 0 aliphatic heterocycles. The van der Waals surface area contributed by atoms with Crippen molar-refractivity contribution in [2.75, 3.05) is 46.1 Å². The molecule has 0 heterocycles. The monoisotopic (exact) mass is 518 g/mol. The highest BCUT2D eigenvalue weighted by atomic mass is 32.2. The molecule has 0 aliphatic rings. The molecule has 198 valence electrons. The van der Waals surface area contributed by atoms with Crippen molar-refractivity contribution < 1.29 is 23.8 Å². The molecule has 9 nitrogen and oxygen atoms in total. The molecule has 3 N–H and O–H groups in total. The summed E-state index contributed by atoms with van der Waals surface area (Å²) >= 11 is 0.927. The number of amides is 2.